The molecular formula is C14H21NOS. The lowest BCUT2D eigenvalue weighted by atomic mass is 9.67. The van der Waals surface area contributed by atoms with E-state index in [2.05, 4.69) is 5.38 Å². The Kier molecular flexibility index (Phi) is 3.22. The maximum atomic E-state index is 9.57. The van der Waals surface area contributed by atoms with Crippen LogP contribution in [-0.2, 0) is 5.41 Å². The van der Waals surface area contributed by atoms with Gasteiger partial charge in [-0.1, -0.05) is 25.7 Å². The summed E-state index contributed by atoms with van der Waals surface area (Å²) in [5.41, 5.74) is 1.21. The van der Waals surface area contributed by atoms with Crippen molar-refractivity contribution in [2.75, 3.05) is 6.61 Å². The van der Waals surface area contributed by atoms with Gasteiger partial charge in [0.2, 0.25) is 0 Å². The highest BCUT2D eigenvalue weighted by molar-refractivity contribution is 7.09. The molecule has 2 nitrogen and oxygen atoms in total. The molecule has 0 bridgehead atoms. The lowest BCUT2D eigenvalue weighted by Gasteiger charge is -2.38. The molecule has 1 aromatic rings. The molecule has 2 fully saturated rings. The van der Waals surface area contributed by atoms with E-state index in [0.29, 0.717) is 5.92 Å². The highest BCUT2D eigenvalue weighted by Gasteiger charge is 2.40. The second kappa shape index (κ2) is 4.69. The molecule has 0 saturated heterocycles. The molecule has 94 valence electrons. The lowest BCUT2D eigenvalue weighted by molar-refractivity contribution is 0.116. The van der Waals surface area contributed by atoms with Crippen LogP contribution in [0.4, 0.5) is 0 Å². The van der Waals surface area contributed by atoms with Crippen molar-refractivity contribution < 1.29 is 5.11 Å². The summed E-state index contributed by atoms with van der Waals surface area (Å²) in [4.78, 5) is 4.86. The van der Waals surface area contributed by atoms with Gasteiger partial charge in [0.25, 0.3) is 0 Å². The molecule has 1 N–H and O–H groups in total. The highest BCUT2D eigenvalue weighted by Crippen LogP contribution is 2.44. The summed E-state index contributed by atoms with van der Waals surface area (Å²) in [5, 5.41) is 13.1. The normalized spacial score (nSPS) is 24.5. The summed E-state index contributed by atoms with van der Waals surface area (Å²) in [6.45, 7) is 0.279. The first kappa shape index (κ1) is 11.7. The van der Waals surface area contributed by atoms with Crippen LogP contribution in [0.1, 0.15) is 68.0 Å². The number of hydrogen-bond acceptors (Lipinski definition) is 3. The summed E-state index contributed by atoms with van der Waals surface area (Å²) in [7, 11) is 0. The highest BCUT2D eigenvalue weighted by atomic mass is 32.1. The van der Waals surface area contributed by atoms with Crippen LogP contribution >= 0.6 is 11.3 Å². The molecule has 3 heteroatoms. The van der Waals surface area contributed by atoms with Crippen LogP contribution in [0, 0.1) is 0 Å². The molecule has 0 aliphatic heterocycles. The Labute approximate surface area is 107 Å². The fourth-order valence-corrected chi connectivity index (χ4v) is 4.28. The van der Waals surface area contributed by atoms with Crippen molar-refractivity contribution in [1.82, 2.24) is 4.98 Å². The number of thiazole rings is 1. The van der Waals surface area contributed by atoms with Gasteiger partial charge in [-0.2, -0.15) is 0 Å². The van der Waals surface area contributed by atoms with E-state index in [9.17, 15) is 5.11 Å². The Balaban J connectivity index is 1.77. The summed E-state index contributed by atoms with van der Waals surface area (Å²) >= 11 is 1.83. The Bertz CT molecular complexity index is 372. The molecule has 3 rings (SSSR count). The van der Waals surface area contributed by atoms with Crippen LogP contribution in [-0.4, -0.2) is 16.7 Å². The molecule has 0 amide bonds. The van der Waals surface area contributed by atoms with Crippen LogP contribution in [0.3, 0.4) is 0 Å². The van der Waals surface area contributed by atoms with E-state index in [0.717, 1.165) is 12.8 Å². The second-order valence-corrected chi connectivity index (χ2v) is 6.59. The summed E-state index contributed by atoms with van der Waals surface area (Å²) in [5.74, 6) is 0.707. The third kappa shape index (κ3) is 2.04. The fourth-order valence-electron chi connectivity index (χ4n) is 3.17. The molecule has 1 heterocycles. The fraction of sp³-hybridized carbons (Fsp3) is 0.786. The molecule has 0 unspecified atom stereocenters. The molecule has 17 heavy (non-hydrogen) atoms. The number of aliphatic hydroxyl groups excluding tert-OH is 1. The zero-order valence-corrected chi connectivity index (χ0v) is 11.1. The predicted molar refractivity (Wildman–Crippen MR) is 70.6 cm³/mol. The van der Waals surface area contributed by atoms with Crippen LogP contribution < -0.4 is 0 Å². The van der Waals surface area contributed by atoms with Gasteiger partial charge in [-0.05, 0) is 25.7 Å². The van der Waals surface area contributed by atoms with Gasteiger partial charge in [0, 0.05) is 16.7 Å². The lowest BCUT2D eigenvalue weighted by Crippen LogP contribution is -2.38. The standard InChI is InChI=1S/C14H21NOS/c16-10-14(7-4-8-14)12-9-17-13(15-12)11-5-2-1-3-6-11/h9,11,16H,1-8,10H2. The first-order valence-electron chi connectivity index (χ1n) is 6.91. The molecule has 0 radical (unpaired) electrons. The van der Waals surface area contributed by atoms with E-state index in [1.165, 1.54) is 49.2 Å². The number of aliphatic hydroxyl groups is 1. The van der Waals surface area contributed by atoms with Gasteiger partial charge < -0.3 is 5.11 Å². The third-order valence-electron chi connectivity index (χ3n) is 4.63. The predicted octanol–water partition coefficient (Wildman–Crippen LogP) is 3.60. The third-order valence-corrected chi connectivity index (χ3v) is 5.64. The molecule has 1 aromatic heterocycles. The minimum absolute atomic E-state index is 0.0312. The average molecular weight is 251 g/mol. The number of hydrogen-bond donors (Lipinski definition) is 1. The van der Waals surface area contributed by atoms with Gasteiger partial charge >= 0.3 is 0 Å². The molecule has 2 aliphatic rings. The zero-order valence-electron chi connectivity index (χ0n) is 10.3. The zero-order chi connectivity index (χ0) is 11.7. The van der Waals surface area contributed by atoms with Gasteiger partial charge in [0.1, 0.15) is 0 Å². The van der Waals surface area contributed by atoms with E-state index < -0.39 is 0 Å². The van der Waals surface area contributed by atoms with Crippen molar-refractivity contribution in [2.45, 2.75) is 62.7 Å². The summed E-state index contributed by atoms with van der Waals surface area (Å²) in [6.07, 6.45) is 10.3. The van der Waals surface area contributed by atoms with E-state index in [1.54, 1.807) is 0 Å². The van der Waals surface area contributed by atoms with Crippen LogP contribution in [0.15, 0.2) is 5.38 Å². The second-order valence-electron chi connectivity index (χ2n) is 5.70. The average Bonchev–Trinajstić information content (AvgIpc) is 2.80. The van der Waals surface area contributed by atoms with Gasteiger partial charge in [-0.15, -0.1) is 11.3 Å². The van der Waals surface area contributed by atoms with Crippen molar-refractivity contribution in [3.05, 3.63) is 16.1 Å². The molecular weight excluding hydrogens is 230 g/mol. The molecule has 2 aliphatic carbocycles. The van der Waals surface area contributed by atoms with Crippen molar-refractivity contribution in [1.29, 1.82) is 0 Å². The molecule has 2 saturated carbocycles. The van der Waals surface area contributed by atoms with Crippen molar-refractivity contribution in [2.24, 2.45) is 0 Å². The summed E-state index contributed by atoms with van der Waals surface area (Å²) < 4.78 is 0. The molecule has 0 atom stereocenters. The van der Waals surface area contributed by atoms with Crippen LogP contribution in [0.5, 0.6) is 0 Å². The Morgan fingerprint density at radius 1 is 1.24 bits per heavy atom. The number of aromatic nitrogens is 1. The van der Waals surface area contributed by atoms with Crippen LogP contribution in [0.25, 0.3) is 0 Å². The van der Waals surface area contributed by atoms with E-state index in [4.69, 9.17) is 4.98 Å². The monoisotopic (exact) mass is 251 g/mol. The van der Waals surface area contributed by atoms with Crippen molar-refractivity contribution in [3.63, 3.8) is 0 Å². The Hall–Kier alpha value is -0.410. The first-order valence-corrected chi connectivity index (χ1v) is 7.79. The number of nitrogens with zero attached hydrogens (tertiary/aromatic N) is 1. The van der Waals surface area contributed by atoms with Gasteiger partial charge in [-0.25, -0.2) is 4.98 Å². The molecule has 0 spiro atoms. The van der Waals surface area contributed by atoms with Gasteiger partial charge in [0.05, 0.1) is 17.3 Å². The summed E-state index contributed by atoms with van der Waals surface area (Å²) in [6, 6.07) is 0. The van der Waals surface area contributed by atoms with Gasteiger partial charge in [-0.3, -0.25) is 0 Å². The maximum Gasteiger partial charge on any atom is 0.0959 e. The van der Waals surface area contributed by atoms with Crippen LogP contribution in [0.2, 0.25) is 0 Å². The quantitative estimate of drug-likeness (QED) is 0.890. The minimum Gasteiger partial charge on any atom is -0.395 e. The largest absolute Gasteiger partial charge is 0.395 e. The van der Waals surface area contributed by atoms with Gasteiger partial charge in [0.15, 0.2) is 0 Å². The van der Waals surface area contributed by atoms with E-state index in [1.807, 2.05) is 11.3 Å². The van der Waals surface area contributed by atoms with Crippen molar-refractivity contribution in [3.8, 4) is 0 Å². The Morgan fingerprint density at radius 3 is 2.59 bits per heavy atom. The Morgan fingerprint density at radius 2 is 2.00 bits per heavy atom. The smallest absolute Gasteiger partial charge is 0.0959 e. The topological polar surface area (TPSA) is 33.1 Å². The molecule has 0 aromatic carbocycles. The maximum absolute atomic E-state index is 9.57. The van der Waals surface area contributed by atoms with Crippen molar-refractivity contribution >= 4 is 11.3 Å². The van der Waals surface area contributed by atoms with E-state index >= 15 is 0 Å². The first-order chi connectivity index (χ1) is 8.34. The minimum atomic E-state index is 0.0312. The number of rotatable bonds is 3. The van der Waals surface area contributed by atoms with E-state index in [-0.39, 0.29) is 12.0 Å². The SMILES string of the molecule is OCC1(c2csc(C3CCCCC3)n2)CCC1.